The van der Waals surface area contributed by atoms with Gasteiger partial charge in [0.2, 0.25) is 0 Å². The second-order valence-electron chi connectivity index (χ2n) is 8.07. The van der Waals surface area contributed by atoms with Gasteiger partial charge in [0.25, 0.3) is 5.91 Å². The third kappa shape index (κ3) is 5.07. The van der Waals surface area contributed by atoms with Crippen LogP contribution in [-0.4, -0.2) is 43.2 Å². The van der Waals surface area contributed by atoms with Gasteiger partial charge in [-0.2, -0.15) is 0 Å². The van der Waals surface area contributed by atoms with Crippen molar-refractivity contribution in [2.75, 3.05) is 31.6 Å². The molecule has 0 radical (unpaired) electrons. The van der Waals surface area contributed by atoms with E-state index >= 15 is 0 Å². The Balaban J connectivity index is 1.31. The lowest BCUT2D eigenvalue weighted by Gasteiger charge is -2.32. The highest BCUT2D eigenvalue weighted by Crippen LogP contribution is 2.23. The second kappa shape index (κ2) is 9.88. The van der Waals surface area contributed by atoms with Gasteiger partial charge in [0.15, 0.2) is 0 Å². The Hall–Kier alpha value is -2.69. The first-order valence-electron chi connectivity index (χ1n) is 10.9. The van der Waals surface area contributed by atoms with E-state index in [4.69, 9.17) is 4.74 Å². The van der Waals surface area contributed by atoms with Crippen molar-refractivity contribution in [2.45, 2.75) is 32.2 Å². The molecule has 0 saturated carbocycles. The molecule has 4 heteroatoms. The number of rotatable bonds is 7. The Labute approximate surface area is 178 Å². The van der Waals surface area contributed by atoms with Crippen LogP contribution in [0.5, 0.6) is 0 Å². The van der Waals surface area contributed by atoms with Gasteiger partial charge in [-0.15, -0.1) is 0 Å². The molecule has 1 aliphatic rings. The summed E-state index contributed by atoms with van der Waals surface area (Å²) >= 11 is 0. The second-order valence-corrected chi connectivity index (χ2v) is 8.07. The minimum atomic E-state index is -0.0705. The third-order valence-electron chi connectivity index (χ3n) is 6.01. The number of nitrogens with zero attached hydrogens (tertiary/aromatic N) is 1. The Kier molecular flexibility index (Phi) is 6.77. The number of hydrogen-bond acceptors (Lipinski definition) is 3. The van der Waals surface area contributed by atoms with E-state index in [9.17, 15) is 4.79 Å². The van der Waals surface area contributed by atoms with Crippen molar-refractivity contribution >= 4 is 22.4 Å². The zero-order chi connectivity index (χ0) is 20.8. The normalized spacial score (nSPS) is 15.8. The maximum absolute atomic E-state index is 12.7. The molecule has 1 aliphatic heterocycles. The van der Waals surface area contributed by atoms with Crippen LogP contribution in [0.25, 0.3) is 10.8 Å². The van der Waals surface area contributed by atoms with E-state index in [1.54, 1.807) is 0 Å². The first-order valence-corrected chi connectivity index (χ1v) is 10.9. The van der Waals surface area contributed by atoms with E-state index in [2.05, 4.69) is 41.4 Å². The molecular weight excluding hydrogens is 372 g/mol. The smallest absolute Gasteiger partial charge is 0.255 e. The van der Waals surface area contributed by atoms with Gasteiger partial charge in [0.05, 0.1) is 13.2 Å². The lowest BCUT2D eigenvalue weighted by atomic mass is 10.0. The molecule has 0 aromatic heterocycles. The van der Waals surface area contributed by atoms with Crippen LogP contribution >= 0.6 is 0 Å². The summed E-state index contributed by atoms with van der Waals surface area (Å²) < 4.78 is 5.44. The van der Waals surface area contributed by atoms with Gasteiger partial charge in [-0.25, -0.2) is 0 Å². The Morgan fingerprint density at radius 2 is 1.73 bits per heavy atom. The molecule has 0 aliphatic carbocycles. The minimum absolute atomic E-state index is 0.0705. The molecule has 0 bridgehead atoms. The van der Waals surface area contributed by atoms with Crippen molar-refractivity contribution in [1.29, 1.82) is 0 Å². The molecule has 0 spiro atoms. The number of hydrogen-bond donors (Lipinski definition) is 1. The van der Waals surface area contributed by atoms with E-state index in [0.29, 0.717) is 11.6 Å². The number of carbonyl (C=O) groups excluding carboxylic acids is 1. The summed E-state index contributed by atoms with van der Waals surface area (Å²) in [5.74, 6) is -0.0705. The van der Waals surface area contributed by atoms with E-state index in [1.807, 2.05) is 42.5 Å². The fourth-order valence-corrected chi connectivity index (χ4v) is 4.15. The highest BCUT2D eigenvalue weighted by Gasteiger charge is 2.16. The van der Waals surface area contributed by atoms with Gasteiger partial charge in [-0.1, -0.05) is 48.5 Å². The molecule has 30 heavy (non-hydrogen) atoms. The molecular formula is C26H30N2O2. The summed E-state index contributed by atoms with van der Waals surface area (Å²) in [6.45, 7) is 6.11. The fourth-order valence-electron chi connectivity index (χ4n) is 4.15. The summed E-state index contributed by atoms with van der Waals surface area (Å²) in [6, 6.07) is 22.7. The van der Waals surface area contributed by atoms with Crippen LogP contribution in [0.2, 0.25) is 0 Å². The lowest BCUT2D eigenvalue weighted by Crippen LogP contribution is -2.42. The van der Waals surface area contributed by atoms with Gasteiger partial charge in [0.1, 0.15) is 0 Å². The summed E-state index contributed by atoms with van der Waals surface area (Å²) in [5, 5.41) is 5.24. The number of nitrogens with one attached hydrogen (secondary N) is 1. The molecule has 3 aromatic rings. The van der Waals surface area contributed by atoms with Gasteiger partial charge in [-0.3, -0.25) is 9.69 Å². The Morgan fingerprint density at radius 3 is 2.53 bits per heavy atom. The molecule has 156 valence electrons. The number of fused-ring (bicyclic) bond motifs is 1. The molecule has 4 rings (SSSR count). The lowest BCUT2D eigenvalue weighted by molar-refractivity contribution is 0.0183. The number of carbonyl (C=O) groups is 1. The van der Waals surface area contributed by atoms with Crippen LogP contribution in [-0.2, 0) is 11.2 Å². The molecule has 1 fully saturated rings. The van der Waals surface area contributed by atoms with Crippen molar-refractivity contribution in [3.63, 3.8) is 0 Å². The van der Waals surface area contributed by atoms with Crippen LogP contribution < -0.4 is 5.32 Å². The highest BCUT2D eigenvalue weighted by molar-refractivity contribution is 6.09. The quantitative estimate of drug-likeness (QED) is 0.595. The monoisotopic (exact) mass is 402 g/mol. The van der Waals surface area contributed by atoms with E-state index in [0.717, 1.165) is 55.6 Å². The van der Waals surface area contributed by atoms with Crippen molar-refractivity contribution < 1.29 is 9.53 Å². The first-order chi connectivity index (χ1) is 14.7. The number of morpholine rings is 1. The summed E-state index contributed by atoms with van der Waals surface area (Å²) in [4.78, 5) is 15.2. The van der Waals surface area contributed by atoms with Crippen molar-refractivity contribution in [3.05, 3.63) is 77.9 Å². The molecule has 1 heterocycles. The standard InChI is InChI=1S/C26H30N2O2/c1-20(28-16-18-30-19-17-28)6-4-7-21-12-14-23(15-13-21)26(29)27-25-11-5-9-22-8-2-3-10-24(22)25/h2-3,5,8-15,20H,4,6-7,16-19H2,1H3,(H,27,29). The molecule has 4 nitrogen and oxygen atoms in total. The maximum atomic E-state index is 12.7. The van der Waals surface area contributed by atoms with Crippen molar-refractivity contribution in [2.24, 2.45) is 0 Å². The third-order valence-corrected chi connectivity index (χ3v) is 6.01. The van der Waals surface area contributed by atoms with Crippen LogP contribution in [0, 0.1) is 0 Å². The van der Waals surface area contributed by atoms with Crippen LogP contribution in [0.3, 0.4) is 0 Å². The van der Waals surface area contributed by atoms with Crippen molar-refractivity contribution in [1.82, 2.24) is 4.90 Å². The highest BCUT2D eigenvalue weighted by atomic mass is 16.5. The zero-order valence-electron chi connectivity index (χ0n) is 17.6. The number of amides is 1. The molecule has 3 aromatic carbocycles. The van der Waals surface area contributed by atoms with Gasteiger partial charge in [-0.05, 0) is 55.3 Å². The van der Waals surface area contributed by atoms with Gasteiger partial charge >= 0.3 is 0 Å². The van der Waals surface area contributed by atoms with E-state index < -0.39 is 0 Å². The van der Waals surface area contributed by atoms with Crippen LogP contribution in [0.15, 0.2) is 66.7 Å². The molecule has 1 N–H and O–H groups in total. The Bertz CT molecular complexity index is 972. The number of anilines is 1. The number of benzene rings is 3. The predicted molar refractivity (Wildman–Crippen MR) is 123 cm³/mol. The van der Waals surface area contributed by atoms with Gasteiger partial charge < -0.3 is 10.1 Å². The molecule has 1 atom stereocenters. The predicted octanol–water partition coefficient (Wildman–Crippen LogP) is 5.14. The fraction of sp³-hybridized carbons (Fsp3) is 0.346. The molecule has 1 unspecified atom stereocenters. The largest absolute Gasteiger partial charge is 0.379 e. The minimum Gasteiger partial charge on any atom is -0.379 e. The first kappa shape index (κ1) is 20.6. The average molecular weight is 403 g/mol. The summed E-state index contributed by atoms with van der Waals surface area (Å²) in [5.41, 5.74) is 2.82. The Morgan fingerprint density at radius 1 is 1.00 bits per heavy atom. The topological polar surface area (TPSA) is 41.6 Å². The maximum Gasteiger partial charge on any atom is 0.255 e. The average Bonchev–Trinajstić information content (AvgIpc) is 2.80. The van der Waals surface area contributed by atoms with Crippen LogP contribution in [0.4, 0.5) is 5.69 Å². The summed E-state index contributed by atoms with van der Waals surface area (Å²) in [6.07, 6.45) is 3.38. The number of ether oxygens (including phenoxy) is 1. The van der Waals surface area contributed by atoms with E-state index in [1.165, 1.54) is 12.0 Å². The molecule has 1 amide bonds. The number of aryl methyl sites for hydroxylation is 1. The SMILES string of the molecule is CC(CCCc1ccc(C(=O)Nc2cccc3ccccc23)cc1)N1CCOCC1. The van der Waals surface area contributed by atoms with Crippen LogP contribution in [0.1, 0.15) is 35.7 Å². The summed E-state index contributed by atoms with van der Waals surface area (Å²) in [7, 11) is 0. The zero-order valence-corrected chi connectivity index (χ0v) is 17.6. The van der Waals surface area contributed by atoms with Crippen molar-refractivity contribution in [3.8, 4) is 0 Å². The molecule has 1 saturated heterocycles. The van der Waals surface area contributed by atoms with E-state index in [-0.39, 0.29) is 5.91 Å². The van der Waals surface area contributed by atoms with Gasteiger partial charge in [0, 0.05) is 35.8 Å².